The number of piperidine rings is 1. The van der Waals surface area contributed by atoms with Gasteiger partial charge in [-0.2, -0.15) is 0 Å². The van der Waals surface area contributed by atoms with Gasteiger partial charge in [0, 0.05) is 0 Å². The number of aryl methyl sites for hydroxylation is 2. The summed E-state index contributed by atoms with van der Waals surface area (Å²) in [7, 11) is 0. The Kier molecular flexibility index (Phi) is 3.20. The summed E-state index contributed by atoms with van der Waals surface area (Å²) in [6.45, 7) is 8.56. The lowest BCUT2D eigenvalue weighted by molar-refractivity contribution is 0.0555. The molecule has 2 nitrogen and oxygen atoms in total. The molecule has 2 heteroatoms. The molecule has 0 atom stereocenters. The molecule has 88 valence electrons. The molecular formula is C14H21NO. The fourth-order valence-corrected chi connectivity index (χ4v) is 2.33. The highest BCUT2D eigenvalue weighted by atomic mass is 16.5. The van der Waals surface area contributed by atoms with Crippen LogP contribution >= 0.6 is 0 Å². The first-order chi connectivity index (χ1) is 7.57. The zero-order valence-electron chi connectivity index (χ0n) is 10.5. The Balaban J connectivity index is 2.13. The molecule has 1 N–H and O–H groups in total. The van der Waals surface area contributed by atoms with Crippen LogP contribution in [0.5, 0.6) is 5.75 Å². The third-order valence-corrected chi connectivity index (χ3v) is 3.22. The van der Waals surface area contributed by atoms with Crippen molar-refractivity contribution in [3.05, 3.63) is 29.3 Å². The third kappa shape index (κ3) is 2.76. The SMILES string of the molecule is Cc1cc(C)cc(OC2(C)CCNCC2)c1. The maximum atomic E-state index is 6.16. The van der Waals surface area contributed by atoms with Crippen LogP contribution in [0.25, 0.3) is 0 Å². The van der Waals surface area contributed by atoms with Gasteiger partial charge in [0.05, 0.1) is 0 Å². The Morgan fingerprint density at radius 1 is 1.06 bits per heavy atom. The second-order valence-corrected chi connectivity index (χ2v) is 5.13. The van der Waals surface area contributed by atoms with Gasteiger partial charge in [0.1, 0.15) is 11.4 Å². The zero-order chi connectivity index (χ0) is 11.6. The molecule has 0 saturated carbocycles. The van der Waals surface area contributed by atoms with Crippen molar-refractivity contribution in [3.63, 3.8) is 0 Å². The van der Waals surface area contributed by atoms with E-state index >= 15 is 0 Å². The quantitative estimate of drug-likeness (QED) is 0.826. The van der Waals surface area contributed by atoms with Crippen molar-refractivity contribution in [1.29, 1.82) is 0 Å². The van der Waals surface area contributed by atoms with Crippen molar-refractivity contribution in [1.82, 2.24) is 5.32 Å². The maximum Gasteiger partial charge on any atom is 0.120 e. The van der Waals surface area contributed by atoms with E-state index in [0.717, 1.165) is 31.7 Å². The summed E-state index contributed by atoms with van der Waals surface area (Å²) in [5.74, 6) is 1.02. The highest BCUT2D eigenvalue weighted by Crippen LogP contribution is 2.27. The van der Waals surface area contributed by atoms with Gasteiger partial charge in [-0.15, -0.1) is 0 Å². The first-order valence-corrected chi connectivity index (χ1v) is 6.05. The summed E-state index contributed by atoms with van der Waals surface area (Å²) in [5.41, 5.74) is 2.55. The smallest absolute Gasteiger partial charge is 0.120 e. The van der Waals surface area contributed by atoms with Crippen LogP contribution in [-0.4, -0.2) is 18.7 Å². The van der Waals surface area contributed by atoms with E-state index in [1.165, 1.54) is 11.1 Å². The van der Waals surface area contributed by atoms with Crippen molar-refractivity contribution in [2.45, 2.75) is 39.2 Å². The third-order valence-electron chi connectivity index (χ3n) is 3.22. The minimum atomic E-state index is 0.00544. The fraction of sp³-hybridized carbons (Fsp3) is 0.571. The number of nitrogens with one attached hydrogen (secondary N) is 1. The van der Waals surface area contributed by atoms with Gasteiger partial charge in [-0.05, 0) is 70.0 Å². The number of rotatable bonds is 2. The van der Waals surface area contributed by atoms with Gasteiger partial charge in [-0.3, -0.25) is 0 Å². The largest absolute Gasteiger partial charge is 0.487 e. The molecule has 0 aliphatic carbocycles. The summed E-state index contributed by atoms with van der Waals surface area (Å²) in [6, 6.07) is 6.43. The lowest BCUT2D eigenvalue weighted by Crippen LogP contribution is -2.43. The first-order valence-electron chi connectivity index (χ1n) is 6.05. The first kappa shape index (κ1) is 11.5. The molecule has 0 unspecified atom stereocenters. The molecule has 1 aromatic carbocycles. The molecule has 0 radical (unpaired) electrons. The average molecular weight is 219 g/mol. The van der Waals surface area contributed by atoms with Gasteiger partial charge in [0.15, 0.2) is 0 Å². The molecule has 0 spiro atoms. The fourth-order valence-electron chi connectivity index (χ4n) is 2.33. The Morgan fingerprint density at radius 2 is 1.62 bits per heavy atom. The topological polar surface area (TPSA) is 21.3 Å². The van der Waals surface area contributed by atoms with Crippen molar-refractivity contribution in [2.24, 2.45) is 0 Å². The molecule has 2 rings (SSSR count). The van der Waals surface area contributed by atoms with E-state index in [4.69, 9.17) is 4.74 Å². The van der Waals surface area contributed by atoms with E-state index in [1.54, 1.807) is 0 Å². The van der Waals surface area contributed by atoms with E-state index in [-0.39, 0.29) is 5.60 Å². The highest BCUT2D eigenvalue weighted by molar-refractivity contribution is 5.33. The Morgan fingerprint density at radius 3 is 2.19 bits per heavy atom. The molecular weight excluding hydrogens is 198 g/mol. The predicted octanol–water partition coefficient (Wildman–Crippen LogP) is 2.82. The molecule has 1 saturated heterocycles. The number of ether oxygens (including phenoxy) is 1. The summed E-state index contributed by atoms with van der Waals surface area (Å²) in [6.07, 6.45) is 2.17. The van der Waals surface area contributed by atoms with Crippen molar-refractivity contribution in [3.8, 4) is 5.75 Å². The van der Waals surface area contributed by atoms with Crippen molar-refractivity contribution < 1.29 is 4.74 Å². The standard InChI is InChI=1S/C14H21NO/c1-11-8-12(2)10-13(9-11)16-14(3)4-6-15-7-5-14/h8-10,15H,4-7H2,1-3H3. The monoisotopic (exact) mass is 219 g/mol. The molecule has 1 aromatic rings. The molecule has 1 aliphatic heterocycles. The molecule has 0 aromatic heterocycles. The number of hydrogen-bond donors (Lipinski definition) is 1. The average Bonchev–Trinajstić information content (AvgIpc) is 2.15. The van der Waals surface area contributed by atoms with Crippen LogP contribution < -0.4 is 10.1 Å². The van der Waals surface area contributed by atoms with Crippen LogP contribution in [0, 0.1) is 13.8 Å². The molecule has 1 aliphatic rings. The van der Waals surface area contributed by atoms with Crippen LogP contribution in [0.1, 0.15) is 30.9 Å². The van der Waals surface area contributed by atoms with Gasteiger partial charge in [0.2, 0.25) is 0 Å². The molecule has 0 bridgehead atoms. The Labute approximate surface area is 98.0 Å². The van der Waals surface area contributed by atoms with Gasteiger partial charge in [0.25, 0.3) is 0 Å². The molecule has 1 fully saturated rings. The molecule has 0 amide bonds. The van der Waals surface area contributed by atoms with E-state index in [1.807, 2.05) is 0 Å². The van der Waals surface area contributed by atoms with E-state index in [0.29, 0.717) is 0 Å². The van der Waals surface area contributed by atoms with Gasteiger partial charge in [-0.1, -0.05) is 6.07 Å². The van der Waals surface area contributed by atoms with Crippen molar-refractivity contribution in [2.75, 3.05) is 13.1 Å². The maximum absolute atomic E-state index is 6.16. The predicted molar refractivity (Wildman–Crippen MR) is 67.1 cm³/mol. The van der Waals surface area contributed by atoms with E-state index in [2.05, 4.69) is 44.3 Å². The summed E-state index contributed by atoms with van der Waals surface area (Å²) in [4.78, 5) is 0. The Hall–Kier alpha value is -1.02. The molecule has 1 heterocycles. The van der Waals surface area contributed by atoms with Crippen LogP contribution in [0.15, 0.2) is 18.2 Å². The summed E-state index contributed by atoms with van der Waals surface area (Å²) in [5, 5.41) is 3.37. The van der Waals surface area contributed by atoms with Crippen molar-refractivity contribution >= 4 is 0 Å². The Bertz CT molecular complexity index is 347. The second kappa shape index (κ2) is 4.46. The minimum Gasteiger partial charge on any atom is -0.487 e. The number of benzene rings is 1. The molecule has 16 heavy (non-hydrogen) atoms. The van der Waals surface area contributed by atoms with Crippen LogP contribution in [0.2, 0.25) is 0 Å². The lowest BCUT2D eigenvalue weighted by atomic mass is 9.94. The van der Waals surface area contributed by atoms with Gasteiger partial charge >= 0.3 is 0 Å². The lowest BCUT2D eigenvalue weighted by Gasteiger charge is -2.34. The van der Waals surface area contributed by atoms with Gasteiger partial charge < -0.3 is 10.1 Å². The zero-order valence-corrected chi connectivity index (χ0v) is 10.5. The van der Waals surface area contributed by atoms with Gasteiger partial charge in [-0.25, -0.2) is 0 Å². The normalized spacial score (nSPS) is 19.4. The van der Waals surface area contributed by atoms with Crippen LogP contribution in [0.3, 0.4) is 0 Å². The van der Waals surface area contributed by atoms with E-state index < -0.39 is 0 Å². The number of hydrogen-bond acceptors (Lipinski definition) is 2. The minimum absolute atomic E-state index is 0.00544. The van der Waals surface area contributed by atoms with Crippen LogP contribution in [0.4, 0.5) is 0 Å². The highest BCUT2D eigenvalue weighted by Gasteiger charge is 2.28. The van der Waals surface area contributed by atoms with Crippen LogP contribution in [-0.2, 0) is 0 Å². The summed E-state index contributed by atoms with van der Waals surface area (Å²) >= 11 is 0. The van der Waals surface area contributed by atoms with E-state index in [9.17, 15) is 0 Å². The summed E-state index contributed by atoms with van der Waals surface area (Å²) < 4.78 is 6.16. The second-order valence-electron chi connectivity index (χ2n) is 5.13.